The van der Waals surface area contributed by atoms with Gasteiger partial charge in [-0.2, -0.15) is 0 Å². The van der Waals surface area contributed by atoms with Crippen LogP contribution < -0.4 is 10.6 Å². The molecule has 2 aromatic rings. The van der Waals surface area contributed by atoms with Crippen molar-refractivity contribution in [3.05, 3.63) is 65.4 Å². The third kappa shape index (κ3) is 6.01. The number of nitrogens with zero attached hydrogens (tertiary/aromatic N) is 1. The van der Waals surface area contributed by atoms with Gasteiger partial charge in [-0.1, -0.05) is 49.0 Å². The van der Waals surface area contributed by atoms with E-state index in [1.807, 2.05) is 69.3 Å². The summed E-state index contributed by atoms with van der Waals surface area (Å²) in [6.45, 7) is 8.06. The average molecular weight is 452 g/mol. The first-order valence-electron chi connectivity index (χ1n) is 10.8. The van der Waals surface area contributed by atoms with Crippen LogP contribution in [0.4, 0.5) is 17.1 Å². The number of amides is 1. The molecule has 0 aliphatic carbocycles. The highest BCUT2D eigenvalue weighted by Crippen LogP contribution is 2.33. The van der Waals surface area contributed by atoms with Crippen molar-refractivity contribution >= 4 is 45.7 Å². The molecule has 1 unspecified atom stereocenters. The van der Waals surface area contributed by atoms with Crippen LogP contribution in [0.2, 0.25) is 0 Å². The highest BCUT2D eigenvalue weighted by Gasteiger charge is 2.23. The molecule has 3 rings (SSSR count). The van der Waals surface area contributed by atoms with E-state index in [9.17, 15) is 9.59 Å². The van der Waals surface area contributed by atoms with E-state index >= 15 is 0 Å². The monoisotopic (exact) mass is 451 g/mol. The summed E-state index contributed by atoms with van der Waals surface area (Å²) >= 11 is 1.40. The molecule has 0 fully saturated rings. The summed E-state index contributed by atoms with van der Waals surface area (Å²) in [5.41, 5.74) is 5.16. The maximum Gasteiger partial charge on any atom is 0.311 e. The van der Waals surface area contributed by atoms with Crippen molar-refractivity contribution in [1.82, 2.24) is 0 Å². The maximum absolute atomic E-state index is 13.1. The second-order valence-electron chi connectivity index (χ2n) is 7.51. The number of hydrogen-bond donors (Lipinski definition) is 2. The SMILES string of the molecule is CCOC(=O)CC1=CC(SC(CC)C(=O)Nc2c(C)cccc2C)=Nc2ccccc2N1. The number of hydrogen-bond acceptors (Lipinski definition) is 6. The minimum atomic E-state index is -0.335. The number of ether oxygens (including phenoxy) is 1. The number of fused-ring (bicyclic) bond motifs is 1. The molecule has 1 aliphatic rings. The highest BCUT2D eigenvalue weighted by molar-refractivity contribution is 8.15. The largest absolute Gasteiger partial charge is 0.466 e. The molecule has 6 nitrogen and oxygen atoms in total. The molecule has 0 saturated heterocycles. The van der Waals surface area contributed by atoms with E-state index in [4.69, 9.17) is 9.73 Å². The normalized spacial score (nSPS) is 13.6. The Morgan fingerprint density at radius 2 is 1.81 bits per heavy atom. The van der Waals surface area contributed by atoms with Gasteiger partial charge in [0, 0.05) is 11.4 Å². The standard InChI is InChI=1S/C25H29N3O3S/c1-5-21(25(30)28-24-16(3)10-9-11-17(24)4)32-22-14-18(15-23(29)31-6-2)26-19-12-7-8-13-20(19)27-22/h7-14,21,26H,5-6,15H2,1-4H3,(H,28,30). The molecule has 1 amide bonds. The molecule has 1 aliphatic heterocycles. The minimum Gasteiger partial charge on any atom is -0.466 e. The number of para-hydroxylation sites is 3. The number of anilines is 2. The van der Waals surface area contributed by atoms with Gasteiger partial charge >= 0.3 is 5.97 Å². The highest BCUT2D eigenvalue weighted by atomic mass is 32.2. The van der Waals surface area contributed by atoms with E-state index in [2.05, 4.69) is 10.6 Å². The zero-order chi connectivity index (χ0) is 23.1. The summed E-state index contributed by atoms with van der Waals surface area (Å²) in [5.74, 6) is -0.377. The van der Waals surface area contributed by atoms with Gasteiger partial charge in [0.05, 0.1) is 34.7 Å². The first kappa shape index (κ1) is 23.6. The van der Waals surface area contributed by atoms with Crippen molar-refractivity contribution in [2.45, 2.75) is 45.8 Å². The van der Waals surface area contributed by atoms with Crippen LogP contribution in [0.5, 0.6) is 0 Å². The predicted octanol–water partition coefficient (Wildman–Crippen LogP) is 5.75. The number of carbonyl (C=O) groups excluding carboxylic acids is 2. The number of aliphatic imine (C=N–C) groups is 1. The lowest BCUT2D eigenvalue weighted by Crippen LogP contribution is -2.26. The Morgan fingerprint density at radius 1 is 1.09 bits per heavy atom. The lowest BCUT2D eigenvalue weighted by molar-refractivity contribution is -0.142. The third-order valence-corrected chi connectivity index (χ3v) is 6.31. The van der Waals surface area contributed by atoms with Gasteiger partial charge in [0.15, 0.2) is 0 Å². The van der Waals surface area contributed by atoms with Crippen LogP contribution in [0.25, 0.3) is 0 Å². The van der Waals surface area contributed by atoms with Gasteiger partial charge in [-0.15, -0.1) is 0 Å². The van der Waals surface area contributed by atoms with E-state index in [1.165, 1.54) is 11.8 Å². The second kappa shape index (κ2) is 11.0. The van der Waals surface area contributed by atoms with E-state index in [-0.39, 0.29) is 23.5 Å². The molecule has 7 heteroatoms. The molecule has 0 spiro atoms. The Morgan fingerprint density at radius 3 is 2.50 bits per heavy atom. The van der Waals surface area contributed by atoms with E-state index in [1.54, 1.807) is 6.92 Å². The molecular formula is C25H29N3O3S. The lowest BCUT2D eigenvalue weighted by atomic mass is 10.1. The molecule has 32 heavy (non-hydrogen) atoms. The fourth-order valence-corrected chi connectivity index (χ4v) is 4.38. The Labute approximate surface area is 193 Å². The molecule has 168 valence electrons. The van der Waals surface area contributed by atoms with Crippen molar-refractivity contribution in [1.29, 1.82) is 0 Å². The van der Waals surface area contributed by atoms with Gasteiger partial charge in [0.25, 0.3) is 0 Å². The first-order valence-corrected chi connectivity index (χ1v) is 11.6. The summed E-state index contributed by atoms with van der Waals surface area (Å²) in [5, 5.41) is 6.71. The molecule has 1 heterocycles. The van der Waals surface area contributed by atoms with Gasteiger partial charge in [-0.25, -0.2) is 4.99 Å². The third-order valence-electron chi connectivity index (χ3n) is 5.02. The fourth-order valence-electron chi connectivity index (χ4n) is 3.39. The number of nitrogens with one attached hydrogen (secondary N) is 2. The number of thioether (sulfide) groups is 1. The van der Waals surface area contributed by atoms with E-state index < -0.39 is 0 Å². The number of rotatable bonds is 7. The van der Waals surface area contributed by atoms with Gasteiger partial charge in [0.2, 0.25) is 5.91 Å². The van der Waals surface area contributed by atoms with E-state index in [0.29, 0.717) is 23.8 Å². The number of carbonyl (C=O) groups is 2. The minimum absolute atomic E-state index is 0.0663. The summed E-state index contributed by atoms with van der Waals surface area (Å²) in [4.78, 5) is 29.9. The maximum atomic E-state index is 13.1. The zero-order valence-electron chi connectivity index (χ0n) is 18.9. The molecular weight excluding hydrogens is 422 g/mol. The molecule has 1 atom stereocenters. The van der Waals surface area contributed by atoms with Gasteiger partial charge < -0.3 is 15.4 Å². The van der Waals surface area contributed by atoms with Crippen LogP contribution in [0.15, 0.2) is 59.2 Å². The van der Waals surface area contributed by atoms with Crippen LogP contribution in [0.3, 0.4) is 0 Å². The van der Waals surface area contributed by atoms with Crippen LogP contribution in [-0.2, 0) is 14.3 Å². The molecule has 0 aromatic heterocycles. The molecule has 0 radical (unpaired) electrons. The fraction of sp³-hybridized carbons (Fsp3) is 0.320. The van der Waals surface area contributed by atoms with Crippen molar-refractivity contribution in [2.75, 3.05) is 17.2 Å². The average Bonchev–Trinajstić information content (AvgIpc) is 2.93. The topological polar surface area (TPSA) is 79.8 Å². The summed E-state index contributed by atoms with van der Waals surface area (Å²) in [6, 6.07) is 13.6. The zero-order valence-corrected chi connectivity index (χ0v) is 19.7. The summed E-state index contributed by atoms with van der Waals surface area (Å²) < 4.78 is 5.11. The summed E-state index contributed by atoms with van der Waals surface area (Å²) in [7, 11) is 0. The number of esters is 1. The molecule has 0 bridgehead atoms. The number of aryl methyl sites for hydroxylation is 2. The van der Waals surface area contributed by atoms with Crippen LogP contribution in [-0.4, -0.2) is 28.8 Å². The smallest absolute Gasteiger partial charge is 0.311 e. The van der Waals surface area contributed by atoms with Crippen LogP contribution in [0.1, 0.15) is 37.8 Å². The van der Waals surface area contributed by atoms with Gasteiger partial charge in [-0.3, -0.25) is 9.59 Å². The second-order valence-corrected chi connectivity index (χ2v) is 8.74. The molecule has 0 saturated carbocycles. The van der Waals surface area contributed by atoms with Gasteiger partial charge in [-0.05, 0) is 56.5 Å². The van der Waals surface area contributed by atoms with Crippen LogP contribution in [0, 0.1) is 13.8 Å². The van der Waals surface area contributed by atoms with Crippen molar-refractivity contribution in [2.24, 2.45) is 4.99 Å². The van der Waals surface area contributed by atoms with Crippen LogP contribution >= 0.6 is 11.8 Å². The first-order chi connectivity index (χ1) is 15.4. The Bertz CT molecular complexity index is 1040. The predicted molar refractivity (Wildman–Crippen MR) is 133 cm³/mol. The number of benzene rings is 2. The van der Waals surface area contributed by atoms with Crippen molar-refractivity contribution < 1.29 is 14.3 Å². The quantitative estimate of drug-likeness (QED) is 0.524. The van der Waals surface area contributed by atoms with E-state index in [0.717, 1.165) is 28.2 Å². The Balaban J connectivity index is 1.84. The Hall–Kier alpha value is -3.06. The van der Waals surface area contributed by atoms with Crippen molar-refractivity contribution in [3.63, 3.8) is 0 Å². The molecule has 2 aromatic carbocycles. The summed E-state index contributed by atoms with van der Waals surface area (Å²) in [6.07, 6.45) is 2.57. The Kier molecular flexibility index (Phi) is 8.11. The van der Waals surface area contributed by atoms with Crippen molar-refractivity contribution in [3.8, 4) is 0 Å². The molecule has 2 N–H and O–H groups in total. The van der Waals surface area contributed by atoms with Gasteiger partial charge in [0.1, 0.15) is 0 Å². The lowest BCUT2D eigenvalue weighted by Gasteiger charge is -2.17.